The molecule has 1 atom stereocenters. The zero-order chi connectivity index (χ0) is 18.1. The molecule has 1 unspecified atom stereocenters. The van der Waals surface area contributed by atoms with Crippen molar-refractivity contribution in [2.45, 2.75) is 38.1 Å². The van der Waals surface area contributed by atoms with Crippen molar-refractivity contribution in [1.82, 2.24) is 10.3 Å². The minimum absolute atomic E-state index is 0.0861. The first-order valence-corrected chi connectivity index (χ1v) is 9.99. The van der Waals surface area contributed by atoms with Gasteiger partial charge in [-0.3, -0.25) is 4.79 Å². The largest absolute Gasteiger partial charge is 0.358 e. The molecule has 4 rings (SSSR count). The van der Waals surface area contributed by atoms with Crippen LogP contribution in [0.15, 0.2) is 42.5 Å². The summed E-state index contributed by atoms with van der Waals surface area (Å²) in [5.74, 6) is -0.133. The van der Waals surface area contributed by atoms with Crippen LogP contribution in [0.4, 0.5) is 4.39 Å². The van der Waals surface area contributed by atoms with Crippen LogP contribution in [0.5, 0.6) is 0 Å². The van der Waals surface area contributed by atoms with E-state index in [4.69, 9.17) is 0 Å². The van der Waals surface area contributed by atoms with E-state index in [0.717, 1.165) is 42.1 Å². The van der Waals surface area contributed by atoms with E-state index >= 15 is 0 Å². The number of nitrogens with one attached hydrogen (secondary N) is 2. The van der Waals surface area contributed by atoms with E-state index in [0.29, 0.717) is 6.42 Å². The van der Waals surface area contributed by atoms with Crippen molar-refractivity contribution >= 4 is 39.4 Å². The van der Waals surface area contributed by atoms with Crippen molar-refractivity contribution in [1.29, 1.82) is 0 Å². The zero-order valence-corrected chi connectivity index (χ0v) is 16.5. The third-order valence-corrected chi connectivity index (χ3v) is 5.79. The molecular formula is C21H20FIN2O. The van der Waals surface area contributed by atoms with Gasteiger partial charge in [0, 0.05) is 32.6 Å². The fourth-order valence-electron chi connectivity index (χ4n) is 3.72. The number of fused-ring (bicyclic) bond motifs is 3. The number of amides is 1. The Morgan fingerprint density at radius 3 is 2.85 bits per heavy atom. The lowest BCUT2D eigenvalue weighted by Crippen LogP contribution is -2.38. The number of benzene rings is 2. The molecule has 2 N–H and O–H groups in total. The van der Waals surface area contributed by atoms with Gasteiger partial charge in [0.1, 0.15) is 5.82 Å². The number of carbonyl (C=O) groups is 1. The van der Waals surface area contributed by atoms with Crippen LogP contribution in [0.25, 0.3) is 10.9 Å². The second-order valence-corrected chi connectivity index (χ2v) is 8.15. The predicted molar refractivity (Wildman–Crippen MR) is 110 cm³/mol. The Bertz CT molecular complexity index is 949. The number of aryl methyl sites for hydroxylation is 2. The van der Waals surface area contributed by atoms with Crippen molar-refractivity contribution < 1.29 is 9.18 Å². The summed E-state index contributed by atoms with van der Waals surface area (Å²) in [4.78, 5) is 15.7. The molecule has 0 aliphatic heterocycles. The number of hydrogen-bond acceptors (Lipinski definition) is 1. The molecule has 1 amide bonds. The Morgan fingerprint density at radius 1 is 1.23 bits per heavy atom. The standard InChI is InChI=1S/C21H20FIN2O/c22-14-4-8-19-17(11-14)18-12-16(7-9-20(18)25-19)24-21(26)10-3-13-1-5-15(23)6-2-13/h1-2,4-6,8,11,16,25H,3,7,9-10,12H2,(H,24,26). The Hall–Kier alpha value is -1.89. The third-order valence-electron chi connectivity index (χ3n) is 5.07. The number of H-pyrrole nitrogens is 1. The summed E-state index contributed by atoms with van der Waals surface area (Å²) in [7, 11) is 0. The van der Waals surface area contributed by atoms with Crippen molar-refractivity contribution in [3.05, 3.63) is 68.7 Å². The summed E-state index contributed by atoms with van der Waals surface area (Å²) >= 11 is 2.28. The van der Waals surface area contributed by atoms with Gasteiger partial charge >= 0.3 is 0 Å². The Morgan fingerprint density at radius 2 is 2.04 bits per heavy atom. The van der Waals surface area contributed by atoms with Crippen molar-refractivity contribution in [3.8, 4) is 0 Å². The molecule has 1 aliphatic rings. The highest BCUT2D eigenvalue weighted by Crippen LogP contribution is 2.29. The highest BCUT2D eigenvalue weighted by molar-refractivity contribution is 14.1. The SMILES string of the molecule is O=C(CCc1ccc(I)cc1)NC1CCc2[nH]c3ccc(F)cc3c2C1. The van der Waals surface area contributed by atoms with Crippen molar-refractivity contribution in [2.24, 2.45) is 0 Å². The lowest BCUT2D eigenvalue weighted by atomic mass is 9.91. The van der Waals surface area contributed by atoms with Crippen LogP contribution in [-0.2, 0) is 24.1 Å². The molecule has 0 radical (unpaired) electrons. The van der Waals surface area contributed by atoms with Gasteiger partial charge < -0.3 is 10.3 Å². The van der Waals surface area contributed by atoms with E-state index in [-0.39, 0.29) is 17.8 Å². The maximum absolute atomic E-state index is 13.6. The molecule has 26 heavy (non-hydrogen) atoms. The van der Waals surface area contributed by atoms with Crippen molar-refractivity contribution in [3.63, 3.8) is 0 Å². The topological polar surface area (TPSA) is 44.9 Å². The number of halogens is 2. The smallest absolute Gasteiger partial charge is 0.220 e. The molecule has 0 saturated carbocycles. The second-order valence-electron chi connectivity index (χ2n) is 6.91. The minimum Gasteiger partial charge on any atom is -0.358 e. The molecule has 134 valence electrons. The average molecular weight is 462 g/mol. The normalized spacial score (nSPS) is 16.5. The number of hydrogen-bond donors (Lipinski definition) is 2. The predicted octanol–water partition coefficient (Wildman–Crippen LogP) is 4.52. The molecule has 5 heteroatoms. The Balaban J connectivity index is 1.39. The van der Waals surface area contributed by atoms with Crippen LogP contribution in [0.2, 0.25) is 0 Å². The highest BCUT2D eigenvalue weighted by atomic mass is 127. The van der Waals surface area contributed by atoms with E-state index in [1.165, 1.54) is 20.9 Å². The molecule has 0 bridgehead atoms. The first-order valence-electron chi connectivity index (χ1n) is 8.91. The second kappa shape index (κ2) is 7.39. The quantitative estimate of drug-likeness (QED) is 0.551. The molecule has 2 aromatic carbocycles. The first-order chi connectivity index (χ1) is 12.6. The van der Waals surface area contributed by atoms with Crippen LogP contribution in [0.3, 0.4) is 0 Å². The van der Waals surface area contributed by atoms with Crippen LogP contribution in [0, 0.1) is 9.39 Å². The van der Waals surface area contributed by atoms with Crippen molar-refractivity contribution in [2.75, 3.05) is 0 Å². The summed E-state index contributed by atoms with van der Waals surface area (Å²) in [5, 5.41) is 4.10. The number of aromatic nitrogens is 1. The zero-order valence-electron chi connectivity index (χ0n) is 14.3. The van der Waals surface area contributed by atoms with E-state index in [2.05, 4.69) is 57.2 Å². The molecule has 0 saturated heterocycles. The van der Waals surface area contributed by atoms with E-state index in [1.807, 2.05) is 0 Å². The van der Waals surface area contributed by atoms with Gasteiger partial charge in [-0.2, -0.15) is 0 Å². The summed E-state index contributed by atoms with van der Waals surface area (Å²) < 4.78 is 14.8. The molecule has 0 fully saturated rings. The van der Waals surface area contributed by atoms with Gasteiger partial charge in [0.15, 0.2) is 0 Å². The van der Waals surface area contributed by atoms with Gasteiger partial charge in [0.25, 0.3) is 0 Å². The van der Waals surface area contributed by atoms with Crippen LogP contribution < -0.4 is 5.32 Å². The summed E-state index contributed by atoms with van der Waals surface area (Å²) in [6.07, 6.45) is 3.80. The van der Waals surface area contributed by atoms with Crippen LogP contribution >= 0.6 is 22.6 Å². The lowest BCUT2D eigenvalue weighted by molar-refractivity contribution is -0.121. The minimum atomic E-state index is -0.219. The fourth-order valence-corrected chi connectivity index (χ4v) is 4.08. The van der Waals surface area contributed by atoms with Gasteiger partial charge in [-0.05, 0) is 89.7 Å². The van der Waals surface area contributed by atoms with E-state index in [1.54, 1.807) is 12.1 Å². The summed E-state index contributed by atoms with van der Waals surface area (Å²) in [6.45, 7) is 0. The first kappa shape index (κ1) is 17.5. The molecule has 1 heterocycles. The Labute approximate surface area is 165 Å². The summed E-state index contributed by atoms with van der Waals surface area (Å²) in [5.41, 5.74) is 4.48. The number of aromatic amines is 1. The molecule has 1 aliphatic carbocycles. The van der Waals surface area contributed by atoms with E-state index in [9.17, 15) is 9.18 Å². The van der Waals surface area contributed by atoms with Gasteiger partial charge in [-0.15, -0.1) is 0 Å². The van der Waals surface area contributed by atoms with Gasteiger partial charge in [0.05, 0.1) is 0 Å². The number of carbonyl (C=O) groups excluding carboxylic acids is 1. The maximum Gasteiger partial charge on any atom is 0.220 e. The lowest BCUT2D eigenvalue weighted by Gasteiger charge is -2.23. The van der Waals surface area contributed by atoms with Gasteiger partial charge in [0.2, 0.25) is 5.91 Å². The van der Waals surface area contributed by atoms with Gasteiger partial charge in [-0.25, -0.2) is 4.39 Å². The van der Waals surface area contributed by atoms with Crippen LogP contribution in [0.1, 0.15) is 29.7 Å². The summed E-state index contributed by atoms with van der Waals surface area (Å²) in [6, 6.07) is 13.2. The molecule has 3 nitrogen and oxygen atoms in total. The number of rotatable bonds is 4. The highest BCUT2D eigenvalue weighted by Gasteiger charge is 2.23. The Kier molecular flexibility index (Phi) is 4.98. The fraction of sp³-hybridized carbons (Fsp3) is 0.286. The van der Waals surface area contributed by atoms with Gasteiger partial charge in [-0.1, -0.05) is 12.1 Å². The monoisotopic (exact) mass is 462 g/mol. The molecule has 1 aromatic heterocycles. The maximum atomic E-state index is 13.6. The molecule has 0 spiro atoms. The van der Waals surface area contributed by atoms with Crippen LogP contribution in [-0.4, -0.2) is 16.9 Å². The average Bonchev–Trinajstić information content (AvgIpc) is 2.98. The molecular weight excluding hydrogens is 442 g/mol. The van der Waals surface area contributed by atoms with E-state index < -0.39 is 0 Å². The third kappa shape index (κ3) is 3.77. The molecule has 3 aromatic rings.